The van der Waals surface area contributed by atoms with Gasteiger partial charge in [0, 0.05) is 0 Å². The maximum Gasteiger partial charge on any atom is 0.237 e. The summed E-state index contributed by atoms with van der Waals surface area (Å²) in [4.78, 5) is 5.41. The maximum atomic E-state index is 5.32. The van der Waals surface area contributed by atoms with Crippen LogP contribution in [0.4, 0.5) is 0 Å². The van der Waals surface area contributed by atoms with E-state index in [1.54, 1.807) is 16.0 Å². The predicted octanol–water partition coefficient (Wildman–Crippen LogP) is 4.19. The molecule has 26 heavy (non-hydrogen) atoms. The highest BCUT2D eigenvalue weighted by molar-refractivity contribution is 7.98. The molecule has 0 N–H and O–H groups in total. The maximum absolute atomic E-state index is 5.32. The first-order valence-electron chi connectivity index (χ1n) is 8.08. The highest BCUT2D eigenvalue weighted by Crippen LogP contribution is 2.25. The number of hydrogen-bond acceptors (Lipinski definition) is 8. The molecule has 0 saturated heterocycles. The van der Waals surface area contributed by atoms with Gasteiger partial charge in [0.1, 0.15) is 0 Å². The van der Waals surface area contributed by atoms with Crippen LogP contribution in [0.2, 0.25) is 0 Å². The summed E-state index contributed by atoms with van der Waals surface area (Å²) in [5.41, 5.74) is 2.20. The number of tetrazole rings is 1. The average molecular weight is 384 g/mol. The van der Waals surface area contributed by atoms with E-state index in [2.05, 4.69) is 51.6 Å². The third-order valence-corrected chi connectivity index (χ3v) is 5.55. The van der Waals surface area contributed by atoms with Crippen molar-refractivity contribution in [1.29, 1.82) is 0 Å². The normalized spacial score (nSPS) is 11.3. The van der Waals surface area contributed by atoms with Gasteiger partial charge in [-0.15, -0.1) is 16.4 Å². The van der Waals surface area contributed by atoms with Gasteiger partial charge in [0.2, 0.25) is 16.9 Å². The highest BCUT2D eigenvalue weighted by atomic mass is 32.2. The van der Waals surface area contributed by atoms with Crippen molar-refractivity contribution < 1.29 is 4.52 Å². The Morgan fingerprint density at radius 1 is 1.19 bits per heavy atom. The number of nitrogens with zero attached hydrogens (tertiary/aromatic N) is 6. The third kappa shape index (κ3) is 3.54. The Bertz CT molecular complexity index is 975. The van der Waals surface area contributed by atoms with Crippen LogP contribution in [0.5, 0.6) is 0 Å². The minimum atomic E-state index is 0.488. The molecule has 0 bridgehead atoms. The zero-order valence-corrected chi connectivity index (χ0v) is 15.9. The molecule has 3 heterocycles. The van der Waals surface area contributed by atoms with E-state index in [0.717, 1.165) is 10.6 Å². The van der Waals surface area contributed by atoms with Crippen LogP contribution < -0.4 is 0 Å². The summed E-state index contributed by atoms with van der Waals surface area (Å²) in [5.74, 6) is 2.15. The lowest BCUT2D eigenvalue weighted by Gasteiger charge is -2.07. The molecule has 4 rings (SSSR count). The molecule has 0 radical (unpaired) electrons. The van der Waals surface area contributed by atoms with Gasteiger partial charge in [0.15, 0.2) is 0 Å². The van der Waals surface area contributed by atoms with E-state index in [9.17, 15) is 0 Å². The molecule has 132 valence electrons. The van der Waals surface area contributed by atoms with Crippen LogP contribution >= 0.6 is 23.1 Å². The summed E-state index contributed by atoms with van der Waals surface area (Å²) in [5, 5.41) is 18.7. The molecular formula is C17H16N6OS2. The average Bonchev–Trinajstić information content (AvgIpc) is 3.40. The first-order chi connectivity index (χ1) is 12.7. The molecule has 0 atom stereocenters. The van der Waals surface area contributed by atoms with E-state index in [1.807, 2.05) is 29.6 Å². The molecule has 4 aromatic rings. The lowest BCUT2D eigenvalue weighted by atomic mass is 10.0. The minimum absolute atomic E-state index is 0.488. The van der Waals surface area contributed by atoms with Gasteiger partial charge in [-0.2, -0.15) is 9.67 Å². The molecule has 0 aliphatic carbocycles. The van der Waals surface area contributed by atoms with Crippen molar-refractivity contribution >= 4 is 23.1 Å². The molecule has 0 amide bonds. The Morgan fingerprint density at radius 3 is 2.77 bits per heavy atom. The van der Waals surface area contributed by atoms with Crippen LogP contribution in [-0.2, 0) is 5.75 Å². The number of rotatable bonds is 6. The Hall–Kier alpha value is -2.52. The highest BCUT2D eigenvalue weighted by Gasteiger charge is 2.14. The largest absolute Gasteiger partial charge is 0.338 e. The van der Waals surface area contributed by atoms with Crippen LogP contribution in [0.15, 0.2) is 51.5 Å². The lowest BCUT2D eigenvalue weighted by Crippen LogP contribution is -2.00. The van der Waals surface area contributed by atoms with Crippen LogP contribution in [-0.4, -0.2) is 30.3 Å². The molecule has 1 aromatic carbocycles. The molecular weight excluding hydrogens is 368 g/mol. The van der Waals surface area contributed by atoms with E-state index in [1.165, 1.54) is 17.3 Å². The smallest absolute Gasteiger partial charge is 0.237 e. The van der Waals surface area contributed by atoms with E-state index in [-0.39, 0.29) is 0 Å². The molecule has 9 heteroatoms. The fourth-order valence-electron chi connectivity index (χ4n) is 2.38. The van der Waals surface area contributed by atoms with Gasteiger partial charge in [-0.05, 0) is 45.5 Å². The fourth-order valence-corrected chi connectivity index (χ4v) is 3.75. The van der Waals surface area contributed by atoms with Crippen LogP contribution in [0.25, 0.3) is 16.4 Å². The van der Waals surface area contributed by atoms with E-state index in [4.69, 9.17) is 4.52 Å². The number of thiophene rings is 1. The second-order valence-electron chi connectivity index (χ2n) is 5.90. The Kier molecular flexibility index (Phi) is 4.81. The second kappa shape index (κ2) is 7.38. The fraction of sp³-hybridized carbons (Fsp3) is 0.235. The zero-order valence-electron chi connectivity index (χ0n) is 14.2. The van der Waals surface area contributed by atoms with E-state index in [0.29, 0.717) is 28.5 Å². The minimum Gasteiger partial charge on any atom is -0.338 e. The van der Waals surface area contributed by atoms with Gasteiger partial charge in [-0.25, -0.2) is 0 Å². The van der Waals surface area contributed by atoms with E-state index < -0.39 is 0 Å². The topological polar surface area (TPSA) is 82.5 Å². The van der Waals surface area contributed by atoms with Gasteiger partial charge in [-0.3, -0.25) is 0 Å². The number of aromatic nitrogens is 6. The van der Waals surface area contributed by atoms with Crippen LogP contribution in [0.3, 0.4) is 0 Å². The van der Waals surface area contributed by atoms with Crippen molar-refractivity contribution in [1.82, 2.24) is 30.3 Å². The monoisotopic (exact) mass is 384 g/mol. The summed E-state index contributed by atoms with van der Waals surface area (Å²) >= 11 is 3.04. The summed E-state index contributed by atoms with van der Waals surface area (Å²) < 4.78 is 7.03. The zero-order chi connectivity index (χ0) is 17.9. The molecule has 0 unspecified atom stereocenters. The van der Waals surface area contributed by atoms with Crippen molar-refractivity contribution in [2.24, 2.45) is 0 Å². The van der Waals surface area contributed by atoms with Crippen molar-refractivity contribution in [2.75, 3.05) is 0 Å². The summed E-state index contributed by atoms with van der Waals surface area (Å²) in [6.07, 6.45) is 0. The first-order valence-corrected chi connectivity index (χ1v) is 9.95. The number of thioether (sulfide) groups is 1. The molecule has 0 spiro atoms. The van der Waals surface area contributed by atoms with Gasteiger partial charge in [0.25, 0.3) is 0 Å². The van der Waals surface area contributed by atoms with Crippen molar-refractivity contribution in [3.05, 3.63) is 53.2 Å². The van der Waals surface area contributed by atoms with Gasteiger partial charge in [-0.1, -0.05) is 49.0 Å². The lowest BCUT2D eigenvalue weighted by molar-refractivity contribution is 0.391. The molecule has 3 aromatic heterocycles. The Balaban J connectivity index is 1.47. The standard InChI is InChI=1S/C17H16N6OS2/c1-11(2)12-5-7-13(8-6-12)23-17(19-21-22-23)26-10-15-18-16(20-24-15)14-4-3-9-25-14/h3-9,11H,10H2,1-2H3. The van der Waals surface area contributed by atoms with Crippen molar-refractivity contribution in [3.8, 4) is 16.4 Å². The van der Waals surface area contributed by atoms with Crippen LogP contribution in [0, 0.1) is 0 Å². The quantitative estimate of drug-likeness (QED) is 0.461. The Morgan fingerprint density at radius 2 is 2.04 bits per heavy atom. The molecule has 0 fully saturated rings. The summed E-state index contributed by atoms with van der Waals surface area (Å²) in [6.45, 7) is 4.34. The van der Waals surface area contributed by atoms with Crippen molar-refractivity contribution in [3.63, 3.8) is 0 Å². The predicted molar refractivity (Wildman–Crippen MR) is 100 cm³/mol. The van der Waals surface area contributed by atoms with Gasteiger partial charge >= 0.3 is 0 Å². The summed E-state index contributed by atoms with van der Waals surface area (Å²) in [6, 6.07) is 12.2. The third-order valence-electron chi connectivity index (χ3n) is 3.78. The SMILES string of the molecule is CC(C)c1ccc(-n2nnnc2SCc2nc(-c3cccs3)no2)cc1. The Labute approximate surface area is 158 Å². The molecule has 0 aliphatic rings. The first kappa shape index (κ1) is 16.9. The number of hydrogen-bond donors (Lipinski definition) is 0. The van der Waals surface area contributed by atoms with Gasteiger partial charge < -0.3 is 4.52 Å². The molecule has 7 nitrogen and oxygen atoms in total. The molecule has 0 saturated carbocycles. The van der Waals surface area contributed by atoms with Gasteiger partial charge in [0.05, 0.1) is 16.3 Å². The van der Waals surface area contributed by atoms with Crippen LogP contribution in [0.1, 0.15) is 31.2 Å². The molecule has 0 aliphatic heterocycles. The van der Waals surface area contributed by atoms with Crippen molar-refractivity contribution in [2.45, 2.75) is 30.7 Å². The summed E-state index contributed by atoms with van der Waals surface area (Å²) in [7, 11) is 0. The van der Waals surface area contributed by atoms with E-state index >= 15 is 0 Å². The second-order valence-corrected chi connectivity index (χ2v) is 7.79. The number of benzene rings is 1.